The fourth-order valence-corrected chi connectivity index (χ4v) is 3.07. The lowest BCUT2D eigenvalue weighted by Crippen LogP contribution is -2.28. The molecule has 0 atom stereocenters. The average Bonchev–Trinajstić information content (AvgIpc) is 2.50. The van der Waals surface area contributed by atoms with Crippen LogP contribution in [0.4, 0.5) is 0 Å². The molecule has 0 saturated carbocycles. The molecule has 0 aliphatic rings. The molecule has 0 spiro atoms. The van der Waals surface area contributed by atoms with Gasteiger partial charge in [-0.25, -0.2) is 0 Å². The average molecular weight is 381 g/mol. The Kier molecular flexibility index (Phi) is 19.3. The Bertz CT molecular complexity index is 400. The van der Waals surface area contributed by atoms with E-state index >= 15 is 0 Å². The number of nitrogens with one attached hydrogen (secondary N) is 1. The summed E-state index contributed by atoms with van der Waals surface area (Å²) in [5.41, 5.74) is 0. The van der Waals surface area contributed by atoms with Crippen molar-refractivity contribution in [2.45, 2.75) is 96.8 Å². The summed E-state index contributed by atoms with van der Waals surface area (Å²) >= 11 is 0. The maximum Gasteiger partial charge on any atom is 0.266 e. The third-order valence-corrected chi connectivity index (χ3v) is 4.91. The smallest absolute Gasteiger partial charge is 0.266 e. The summed E-state index contributed by atoms with van der Waals surface area (Å²) in [6, 6.07) is 0. The molecule has 5 N–H and O–H groups in total. The van der Waals surface area contributed by atoms with Crippen LogP contribution in [0.3, 0.4) is 0 Å². The molecule has 6 nitrogen and oxygen atoms in total. The monoisotopic (exact) mass is 380 g/mol. The summed E-state index contributed by atoms with van der Waals surface area (Å²) in [6.45, 7) is 2.23. The zero-order chi connectivity index (χ0) is 18.1. The molecule has 7 heteroatoms. The number of carbonyl (C=O) groups excluding carboxylic acids is 1. The number of rotatable bonds is 17. The minimum absolute atomic E-state index is 0. The van der Waals surface area contributed by atoms with Crippen molar-refractivity contribution in [1.82, 2.24) is 11.5 Å². The number of carbonyl (C=O) groups is 1. The molecular formula is C18H40N2O4S. The van der Waals surface area contributed by atoms with Crippen molar-refractivity contribution < 1.29 is 17.8 Å². The first-order valence-corrected chi connectivity index (χ1v) is 11.3. The molecule has 0 heterocycles. The molecular weight excluding hydrogens is 340 g/mol. The van der Waals surface area contributed by atoms with Crippen LogP contribution in [0.5, 0.6) is 0 Å². The van der Waals surface area contributed by atoms with Gasteiger partial charge in [-0.05, 0) is 6.42 Å². The van der Waals surface area contributed by atoms with Crippen molar-refractivity contribution in [1.29, 1.82) is 0 Å². The number of unbranched alkanes of at least 4 members (excludes halogenated alkanes) is 12. The summed E-state index contributed by atoms with van der Waals surface area (Å²) in [4.78, 5) is 11.4. The molecule has 0 saturated heterocycles. The lowest BCUT2D eigenvalue weighted by molar-refractivity contribution is -0.121. The third-order valence-electron chi connectivity index (χ3n) is 4.19. The van der Waals surface area contributed by atoms with Gasteiger partial charge in [-0.2, -0.15) is 8.42 Å². The Labute approximate surface area is 154 Å². The zero-order valence-electron chi connectivity index (χ0n) is 16.1. The Morgan fingerprint density at radius 1 is 0.800 bits per heavy atom. The van der Waals surface area contributed by atoms with Gasteiger partial charge in [-0.1, -0.05) is 84.0 Å². The van der Waals surface area contributed by atoms with Gasteiger partial charge in [0.2, 0.25) is 5.91 Å². The predicted octanol–water partition coefficient (Wildman–Crippen LogP) is 4.63. The molecule has 0 rings (SSSR count). The molecule has 25 heavy (non-hydrogen) atoms. The molecule has 0 aromatic carbocycles. The van der Waals surface area contributed by atoms with Crippen LogP contribution in [0.1, 0.15) is 96.8 Å². The van der Waals surface area contributed by atoms with Crippen molar-refractivity contribution >= 4 is 16.0 Å². The van der Waals surface area contributed by atoms with Gasteiger partial charge in [-0.3, -0.25) is 9.35 Å². The van der Waals surface area contributed by atoms with Gasteiger partial charge in [0.25, 0.3) is 10.1 Å². The second-order valence-corrected chi connectivity index (χ2v) is 8.20. The Morgan fingerprint density at radius 2 is 1.20 bits per heavy atom. The van der Waals surface area contributed by atoms with Gasteiger partial charge in [0.15, 0.2) is 0 Å². The van der Waals surface area contributed by atoms with Crippen molar-refractivity contribution in [3.05, 3.63) is 0 Å². The summed E-state index contributed by atoms with van der Waals surface area (Å²) < 4.78 is 29.6. The second kappa shape index (κ2) is 18.1. The quantitative estimate of drug-likeness (QED) is 0.251. The third kappa shape index (κ3) is 23.3. The van der Waals surface area contributed by atoms with Gasteiger partial charge in [-0.15, -0.1) is 0 Å². The summed E-state index contributed by atoms with van der Waals surface area (Å²) in [6.07, 6.45) is 16.9. The minimum Gasteiger partial charge on any atom is -0.355 e. The fraction of sp³-hybridized carbons (Fsp3) is 0.944. The van der Waals surface area contributed by atoms with Gasteiger partial charge >= 0.3 is 0 Å². The fourth-order valence-electron chi connectivity index (χ4n) is 2.71. The van der Waals surface area contributed by atoms with E-state index in [2.05, 4.69) is 12.2 Å². The molecule has 0 aromatic heterocycles. The van der Waals surface area contributed by atoms with Crippen LogP contribution in [-0.4, -0.2) is 31.2 Å². The van der Waals surface area contributed by atoms with Gasteiger partial charge < -0.3 is 11.5 Å². The highest BCUT2D eigenvalue weighted by Gasteiger charge is 2.06. The Balaban J connectivity index is 0. The maximum absolute atomic E-state index is 11.4. The first-order valence-electron chi connectivity index (χ1n) is 9.67. The molecule has 1 amide bonds. The Hall–Kier alpha value is -0.660. The molecule has 0 fully saturated rings. The second-order valence-electron chi connectivity index (χ2n) is 6.63. The lowest BCUT2D eigenvalue weighted by atomic mass is 10.0. The lowest BCUT2D eigenvalue weighted by Gasteiger charge is -2.04. The maximum atomic E-state index is 11.4. The van der Waals surface area contributed by atoms with Crippen molar-refractivity contribution in [2.75, 3.05) is 12.3 Å². The van der Waals surface area contributed by atoms with E-state index in [4.69, 9.17) is 4.55 Å². The largest absolute Gasteiger partial charge is 0.355 e. The van der Waals surface area contributed by atoms with Gasteiger partial charge in [0, 0.05) is 13.0 Å². The van der Waals surface area contributed by atoms with Crippen molar-refractivity contribution in [3.63, 3.8) is 0 Å². The highest BCUT2D eigenvalue weighted by Crippen LogP contribution is 2.12. The highest BCUT2D eigenvalue weighted by molar-refractivity contribution is 7.85. The van der Waals surface area contributed by atoms with Crippen LogP contribution in [0.25, 0.3) is 0 Å². The van der Waals surface area contributed by atoms with E-state index in [0.717, 1.165) is 19.3 Å². The van der Waals surface area contributed by atoms with Crippen LogP contribution in [-0.2, 0) is 14.9 Å². The minimum atomic E-state index is -3.98. The number of hydrogen-bond acceptors (Lipinski definition) is 4. The van der Waals surface area contributed by atoms with Crippen LogP contribution in [0.2, 0.25) is 0 Å². The van der Waals surface area contributed by atoms with Gasteiger partial charge in [0.05, 0.1) is 5.75 Å². The van der Waals surface area contributed by atoms with E-state index in [1.165, 1.54) is 64.2 Å². The van der Waals surface area contributed by atoms with Crippen LogP contribution in [0.15, 0.2) is 0 Å². The molecule has 0 aliphatic heterocycles. The van der Waals surface area contributed by atoms with Gasteiger partial charge in [0.1, 0.15) is 0 Å². The SMILES string of the molecule is CCCCCCCCCCCCCCCC(=O)NCCS(=O)(=O)O.N. The van der Waals surface area contributed by atoms with E-state index in [1.807, 2.05) is 0 Å². The normalized spacial score (nSPS) is 11.1. The molecule has 0 radical (unpaired) electrons. The topological polar surface area (TPSA) is 118 Å². The number of amides is 1. The summed E-state index contributed by atoms with van der Waals surface area (Å²) in [7, 11) is -3.98. The zero-order valence-corrected chi connectivity index (χ0v) is 16.9. The van der Waals surface area contributed by atoms with E-state index < -0.39 is 15.9 Å². The molecule has 0 bridgehead atoms. The predicted molar refractivity (Wildman–Crippen MR) is 105 cm³/mol. The molecule has 0 aliphatic carbocycles. The first-order chi connectivity index (χ1) is 11.5. The van der Waals surface area contributed by atoms with Crippen LogP contribution in [0, 0.1) is 0 Å². The van der Waals surface area contributed by atoms with E-state index in [0.29, 0.717) is 6.42 Å². The van der Waals surface area contributed by atoms with Crippen molar-refractivity contribution in [3.8, 4) is 0 Å². The number of hydrogen-bond donors (Lipinski definition) is 3. The highest BCUT2D eigenvalue weighted by atomic mass is 32.2. The molecule has 152 valence electrons. The molecule has 0 unspecified atom stereocenters. The first kappa shape index (κ1) is 26.6. The standard InChI is InChI=1S/C18H37NO4S.H3N/c1-2-3-4-5-6-7-8-9-10-11-12-13-14-15-18(20)19-16-17-24(21,22)23;/h2-17H2,1H3,(H,19,20)(H,21,22,23);1H3. The van der Waals surface area contributed by atoms with Crippen LogP contribution >= 0.6 is 0 Å². The van der Waals surface area contributed by atoms with Crippen LogP contribution < -0.4 is 11.5 Å². The van der Waals surface area contributed by atoms with E-state index in [-0.39, 0.29) is 18.6 Å². The molecule has 0 aromatic rings. The summed E-state index contributed by atoms with van der Waals surface area (Å²) in [5.74, 6) is -0.557. The summed E-state index contributed by atoms with van der Waals surface area (Å²) in [5, 5.41) is 2.50. The van der Waals surface area contributed by atoms with Crippen molar-refractivity contribution in [2.24, 2.45) is 0 Å². The van der Waals surface area contributed by atoms with E-state index in [1.54, 1.807) is 0 Å². The van der Waals surface area contributed by atoms with E-state index in [9.17, 15) is 13.2 Å². The Morgan fingerprint density at radius 3 is 1.60 bits per heavy atom.